The zero-order chi connectivity index (χ0) is 11.1. The van der Waals surface area contributed by atoms with Crippen molar-refractivity contribution in [1.82, 2.24) is 10.3 Å². The molecule has 0 aliphatic rings. The van der Waals surface area contributed by atoms with Gasteiger partial charge in [0.25, 0.3) is 5.91 Å². The third-order valence-electron chi connectivity index (χ3n) is 1.43. The molecule has 1 aromatic rings. The number of anilines is 1. The molecule has 0 aliphatic carbocycles. The Balaban J connectivity index is 2.40. The van der Waals surface area contributed by atoms with E-state index in [1.807, 2.05) is 6.07 Å². The van der Waals surface area contributed by atoms with Gasteiger partial charge in [0.05, 0.1) is 0 Å². The lowest BCUT2D eigenvalue weighted by Gasteiger charge is -2.07. The van der Waals surface area contributed by atoms with Gasteiger partial charge in [-0.05, 0) is 24.4 Å². The Morgan fingerprint density at radius 2 is 2.40 bits per heavy atom. The summed E-state index contributed by atoms with van der Waals surface area (Å²) in [6.07, 6.45) is 1.63. The minimum Gasteiger partial charge on any atom is -0.375 e. The van der Waals surface area contributed by atoms with E-state index in [0.717, 1.165) is 0 Å². The van der Waals surface area contributed by atoms with Gasteiger partial charge in [0.15, 0.2) is 5.11 Å². The molecule has 0 spiro atoms. The topological polar surface area (TPSA) is 63.2 Å². The molecule has 0 aliphatic heterocycles. The van der Waals surface area contributed by atoms with Crippen molar-refractivity contribution in [2.24, 2.45) is 0 Å². The van der Waals surface area contributed by atoms with Crippen LogP contribution in [0.5, 0.6) is 0 Å². The molecule has 1 rings (SSSR count). The van der Waals surface area contributed by atoms with Crippen LogP contribution in [0.15, 0.2) is 24.4 Å². The number of thiocarbonyl (C=S) groups is 1. The van der Waals surface area contributed by atoms with Gasteiger partial charge in [0.2, 0.25) is 0 Å². The fourth-order valence-corrected chi connectivity index (χ4v) is 1.10. The summed E-state index contributed by atoms with van der Waals surface area (Å²) in [7, 11) is 1.44. The first-order chi connectivity index (χ1) is 7.22. The van der Waals surface area contributed by atoms with Crippen molar-refractivity contribution in [3.05, 3.63) is 24.4 Å². The number of hydrogen-bond donors (Lipinski definition) is 2. The molecule has 0 fully saturated rings. The smallest absolute Gasteiger partial charge is 0.252 e. The van der Waals surface area contributed by atoms with Crippen molar-refractivity contribution in [1.29, 1.82) is 0 Å². The first-order valence-electron chi connectivity index (χ1n) is 4.23. The van der Waals surface area contributed by atoms with Crippen molar-refractivity contribution < 1.29 is 9.53 Å². The van der Waals surface area contributed by atoms with Gasteiger partial charge in [-0.15, -0.1) is 0 Å². The van der Waals surface area contributed by atoms with Gasteiger partial charge >= 0.3 is 0 Å². The molecular formula is C9H11N3O2S. The average Bonchev–Trinajstić information content (AvgIpc) is 2.19. The molecule has 5 nitrogen and oxygen atoms in total. The molecule has 0 aromatic carbocycles. The monoisotopic (exact) mass is 225 g/mol. The van der Waals surface area contributed by atoms with Crippen molar-refractivity contribution in [2.75, 3.05) is 19.0 Å². The molecule has 80 valence electrons. The van der Waals surface area contributed by atoms with Crippen LogP contribution in [-0.2, 0) is 9.53 Å². The summed E-state index contributed by atoms with van der Waals surface area (Å²) in [5.41, 5.74) is 0. The Hall–Kier alpha value is -1.53. The normalized spacial score (nSPS) is 9.40. The lowest BCUT2D eigenvalue weighted by Crippen LogP contribution is -2.36. The van der Waals surface area contributed by atoms with Crippen LogP contribution in [0.4, 0.5) is 5.82 Å². The Labute approximate surface area is 92.8 Å². The molecule has 0 unspecified atom stereocenters. The number of amides is 1. The van der Waals surface area contributed by atoms with Crippen LogP contribution in [0.1, 0.15) is 0 Å². The Bertz CT molecular complexity index is 342. The Morgan fingerprint density at radius 3 is 3.00 bits per heavy atom. The van der Waals surface area contributed by atoms with Crippen molar-refractivity contribution in [2.45, 2.75) is 0 Å². The molecule has 2 N–H and O–H groups in total. The molecule has 1 aromatic heterocycles. The minimum atomic E-state index is -0.300. The molecule has 1 heterocycles. The number of carbonyl (C=O) groups excluding carboxylic acids is 1. The maximum Gasteiger partial charge on any atom is 0.252 e. The third kappa shape index (κ3) is 4.48. The maximum absolute atomic E-state index is 11.1. The molecule has 0 radical (unpaired) electrons. The number of hydrogen-bond acceptors (Lipinski definition) is 4. The van der Waals surface area contributed by atoms with Gasteiger partial charge in [0.1, 0.15) is 12.4 Å². The number of ether oxygens (including phenoxy) is 1. The first kappa shape index (κ1) is 11.5. The molecule has 0 atom stereocenters. The van der Waals surface area contributed by atoms with Crippen LogP contribution < -0.4 is 10.6 Å². The zero-order valence-corrected chi connectivity index (χ0v) is 9.00. The van der Waals surface area contributed by atoms with Crippen LogP contribution in [0, 0.1) is 0 Å². The molecule has 1 amide bonds. The highest BCUT2D eigenvalue weighted by Crippen LogP contribution is 1.98. The highest BCUT2D eigenvalue weighted by Gasteiger charge is 2.03. The number of aromatic nitrogens is 1. The summed E-state index contributed by atoms with van der Waals surface area (Å²) >= 11 is 4.89. The van der Waals surface area contributed by atoms with Crippen LogP contribution in [0.25, 0.3) is 0 Å². The molecule has 0 bridgehead atoms. The standard InChI is InChI=1S/C9H11N3O2S/c1-14-6-8(13)12-9(15)11-7-4-2-3-5-10-7/h2-5H,6H2,1H3,(H2,10,11,12,13,15). The van der Waals surface area contributed by atoms with Gasteiger partial charge in [0, 0.05) is 13.3 Å². The maximum atomic E-state index is 11.1. The second-order valence-corrected chi connectivity index (χ2v) is 3.06. The molecular weight excluding hydrogens is 214 g/mol. The second-order valence-electron chi connectivity index (χ2n) is 2.65. The van der Waals surface area contributed by atoms with Crippen molar-refractivity contribution in [3.8, 4) is 0 Å². The summed E-state index contributed by atoms with van der Waals surface area (Å²) in [4.78, 5) is 15.1. The first-order valence-corrected chi connectivity index (χ1v) is 4.64. The van der Waals surface area contributed by atoms with E-state index in [2.05, 4.69) is 20.4 Å². The summed E-state index contributed by atoms with van der Waals surface area (Å²) in [6.45, 7) is -0.0238. The van der Waals surface area contributed by atoms with E-state index in [1.165, 1.54) is 7.11 Å². The lowest BCUT2D eigenvalue weighted by molar-refractivity contribution is -0.123. The van der Waals surface area contributed by atoms with Gasteiger partial charge in [-0.3, -0.25) is 4.79 Å². The number of carbonyl (C=O) groups is 1. The molecule has 15 heavy (non-hydrogen) atoms. The predicted octanol–water partition coefficient (Wildman–Crippen LogP) is 0.541. The fraction of sp³-hybridized carbons (Fsp3) is 0.222. The fourth-order valence-electron chi connectivity index (χ4n) is 0.878. The SMILES string of the molecule is COCC(=O)NC(=S)Nc1ccccn1. The third-order valence-corrected chi connectivity index (χ3v) is 1.64. The second kappa shape index (κ2) is 6.05. The van der Waals surface area contributed by atoms with Crippen LogP contribution >= 0.6 is 12.2 Å². The van der Waals surface area contributed by atoms with Gasteiger partial charge in [-0.1, -0.05) is 6.07 Å². The van der Waals surface area contributed by atoms with Crippen molar-refractivity contribution in [3.63, 3.8) is 0 Å². The van der Waals surface area contributed by atoms with E-state index in [4.69, 9.17) is 12.2 Å². The largest absolute Gasteiger partial charge is 0.375 e. The van der Waals surface area contributed by atoms with E-state index in [1.54, 1.807) is 18.3 Å². The summed E-state index contributed by atoms with van der Waals surface area (Å²) in [6, 6.07) is 5.35. The van der Waals surface area contributed by atoms with Gasteiger partial charge < -0.3 is 15.4 Å². The van der Waals surface area contributed by atoms with E-state index >= 15 is 0 Å². The van der Waals surface area contributed by atoms with Crippen LogP contribution in [-0.4, -0.2) is 29.7 Å². The highest BCUT2D eigenvalue weighted by molar-refractivity contribution is 7.80. The van der Waals surface area contributed by atoms with E-state index in [9.17, 15) is 4.79 Å². The van der Waals surface area contributed by atoms with Gasteiger partial charge in [-0.2, -0.15) is 0 Å². The number of nitrogens with one attached hydrogen (secondary N) is 2. The Kier molecular flexibility index (Phi) is 4.65. The lowest BCUT2D eigenvalue weighted by atomic mass is 10.5. The zero-order valence-electron chi connectivity index (χ0n) is 8.19. The molecule has 6 heteroatoms. The van der Waals surface area contributed by atoms with E-state index in [0.29, 0.717) is 5.82 Å². The number of nitrogens with zero attached hydrogens (tertiary/aromatic N) is 1. The predicted molar refractivity (Wildman–Crippen MR) is 60.5 cm³/mol. The summed E-state index contributed by atoms with van der Waals surface area (Å²) in [5.74, 6) is 0.283. The van der Waals surface area contributed by atoms with Crippen LogP contribution in [0.2, 0.25) is 0 Å². The minimum absolute atomic E-state index is 0.0238. The average molecular weight is 225 g/mol. The highest BCUT2D eigenvalue weighted by atomic mass is 32.1. The molecule has 0 saturated heterocycles. The summed E-state index contributed by atoms with van der Waals surface area (Å²) in [5, 5.41) is 5.41. The van der Waals surface area contributed by atoms with E-state index < -0.39 is 0 Å². The van der Waals surface area contributed by atoms with E-state index in [-0.39, 0.29) is 17.6 Å². The summed E-state index contributed by atoms with van der Waals surface area (Å²) < 4.78 is 4.64. The quantitative estimate of drug-likeness (QED) is 0.735. The Morgan fingerprint density at radius 1 is 1.60 bits per heavy atom. The van der Waals surface area contributed by atoms with Gasteiger partial charge in [-0.25, -0.2) is 4.98 Å². The van der Waals surface area contributed by atoms with Crippen molar-refractivity contribution >= 4 is 29.1 Å². The molecule has 0 saturated carbocycles. The number of rotatable bonds is 3. The number of methoxy groups -OCH3 is 1. The number of pyridine rings is 1. The van der Waals surface area contributed by atoms with Crippen LogP contribution in [0.3, 0.4) is 0 Å².